The van der Waals surface area contributed by atoms with Crippen molar-refractivity contribution in [1.82, 2.24) is 9.88 Å². The van der Waals surface area contributed by atoms with Gasteiger partial charge in [-0.1, -0.05) is 0 Å². The smallest absolute Gasteiger partial charge is 0.291 e. The van der Waals surface area contributed by atoms with Gasteiger partial charge in [0.1, 0.15) is 0 Å². The van der Waals surface area contributed by atoms with Crippen molar-refractivity contribution in [2.75, 3.05) is 13.1 Å². The molecule has 0 saturated carbocycles. The van der Waals surface area contributed by atoms with Gasteiger partial charge in [0.25, 0.3) is 0 Å². The molecule has 2 heterocycles. The second-order valence-electron chi connectivity index (χ2n) is 5.11. The lowest BCUT2D eigenvalue weighted by Crippen LogP contribution is -2.48. The SMILES string of the molecule is CC(C)(C(=O)c1cnc(C(F)(F)F)s1)N1CCCC1. The first kappa shape index (κ1) is 14.5. The topological polar surface area (TPSA) is 33.2 Å². The highest BCUT2D eigenvalue weighted by Gasteiger charge is 2.40. The average molecular weight is 292 g/mol. The van der Waals surface area contributed by atoms with Crippen molar-refractivity contribution in [2.45, 2.75) is 38.4 Å². The average Bonchev–Trinajstić information content (AvgIpc) is 2.98. The highest BCUT2D eigenvalue weighted by molar-refractivity contribution is 7.13. The van der Waals surface area contributed by atoms with E-state index in [0.717, 1.165) is 32.1 Å². The monoisotopic (exact) mass is 292 g/mol. The fourth-order valence-electron chi connectivity index (χ4n) is 2.23. The third-order valence-electron chi connectivity index (χ3n) is 3.42. The second-order valence-corrected chi connectivity index (χ2v) is 6.14. The molecule has 0 spiro atoms. The molecular weight excluding hydrogens is 277 g/mol. The quantitative estimate of drug-likeness (QED) is 0.802. The molecule has 0 unspecified atom stereocenters. The van der Waals surface area contributed by atoms with Crippen LogP contribution in [0.1, 0.15) is 41.4 Å². The van der Waals surface area contributed by atoms with E-state index in [2.05, 4.69) is 4.98 Å². The Morgan fingerprint density at radius 1 is 1.32 bits per heavy atom. The molecule has 0 bridgehead atoms. The van der Waals surface area contributed by atoms with Crippen molar-refractivity contribution in [1.29, 1.82) is 0 Å². The van der Waals surface area contributed by atoms with E-state index in [0.29, 0.717) is 11.3 Å². The number of thiazole rings is 1. The van der Waals surface area contributed by atoms with Crippen LogP contribution in [0.15, 0.2) is 6.20 Å². The molecule has 0 aliphatic carbocycles. The van der Waals surface area contributed by atoms with Crippen molar-refractivity contribution >= 4 is 17.1 Å². The van der Waals surface area contributed by atoms with Gasteiger partial charge < -0.3 is 0 Å². The molecule has 19 heavy (non-hydrogen) atoms. The van der Waals surface area contributed by atoms with E-state index in [1.165, 1.54) is 0 Å². The summed E-state index contributed by atoms with van der Waals surface area (Å²) in [4.78, 5) is 17.7. The zero-order valence-corrected chi connectivity index (χ0v) is 11.6. The summed E-state index contributed by atoms with van der Waals surface area (Å²) in [5, 5.41) is -0.965. The van der Waals surface area contributed by atoms with Crippen LogP contribution in [0.25, 0.3) is 0 Å². The summed E-state index contributed by atoms with van der Waals surface area (Å²) in [5.74, 6) is -0.289. The van der Waals surface area contributed by atoms with E-state index < -0.39 is 16.7 Å². The summed E-state index contributed by atoms with van der Waals surface area (Å²) >= 11 is 0.421. The molecule has 3 nitrogen and oxygen atoms in total. The molecule has 1 aliphatic rings. The van der Waals surface area contributed by atoms with Crippen LogP contribution in [0, 0.1) is 0 Å². The minimum Gasteiger partial charge on any atom is -0.291 e. The molecule has 1 aromatic rings. The van der Waals surface area contributed by atoms with Gasteiger partial charge in [0.2, 0.25) is 0 Å². The molecule has 106 valence electrons. The molecule has 0 amide bonds. The number of ketones is 1. The van der Waals surface area contributed by atoms with Crippen molar-refractivity contribution < 1.29 is 18.0 Å². The van der Waals surface area contributed by atoms with Gasteiger partial charge in [0.05, 0.1) is 10.4 Å². The Hall–Kier alpha value is -0.950. The van der Waals surface area contributed by atoms with Crippen LogP contribution in [0.2, 0.25) is 0 Å². The van der Waals surface area contributed by atoms with Crippen molar-refractivity contribution in [2.24, 2.45) is 0 Å². The summed E-state index contributed by atoms with van der Waals surface area (Å²) in [5.41, 5.74) is -0.772. The third-order valence-corrected chi connectivity index (χ3v) is 4.47. The molecule has 0 N–H and O–H groups in total. The molecule has 2 rings (SSSR count). The van der Waals surface area contributed by atoms with Crippen molar-refractivity contribution in [3.63, 3.8) is 0 Å². The second kappa shape index (κ2) is 4.86. The lowest BCUT2D eigenvalue weighted by atomic mass is 9.96. The normalized spacial score (nSPS) is 17.9. The predicted octanol–water partition coefficient (Wildman–Crippen LogP) is 3.22. The molecule has 1 aromatic heterocycles. The minimum atomic E-state index is -4.49. The van der Waals surface area contributed by atoms with Gasteiger partial charge >= 0.3 is 6.18 Å². The maximum absolute atomic E-state index is 12.5. The van der Waals surface area contributed by atoms with E-state index >= 15 is 0 Å². The standard InChI is InChI=1S/C12H15F3N2OS/c1-11(2,17-5-3-4-6-17)9(18)8-7-16-10(19-8)12(13,14)15/h7H,3-6H2,1-2H3. The number of aromatic nitrogens is 1. The first-order valence-electron chi connectivity index (χ1n) is 6.06. The van der Waals surface area contributed by atoms with Gasteiger partial charge in [-0.25, -0.2) is 4.98 Å². The fourth-order valence-corrected chi connectivity index (χ4v) is 3.11. The number of nitrogens with zero attached hydrogens (tertiary/aromatic N) is 2. The Morgan fingerprint density at radius 3 is 2.37 bits per heavy atom. The van der Waals surface area contributed by atoms with Gasteiger partial charge in [-0.2, -0.15) is 13.2 Å². The van der Waals surface area contributed by atoms with E-state index in [4.69, 9.17) is 0 Å². The van der Waals surface area contributed by atoms with E-state index in [1.54, 1.807) is 13.8 Å². The first-order valence-corrected chi connectivity index (χ1v) is 6.87. The summed E-state index contributed by atoms with van der Waals surface area (Å²) < 4.78 is 37.5. The lowest BCUT2D eigenvalue weighted by molar-refractivity contribution is -0.137. The van der Waals surface area contributed by atoms with Gasteiger partial charge in [-0.3, -0.25) is 9.69 Å². The zero-order valence-electron chi connectivity index (χ0n) is 10.8. The summed E-state index contributed by atoms with van der Waals surface area (Å²) in [6.45, 7) is 5.13. The predicted molar refractivity (Wildman–Crippen MR) is 66.3 cm³/mol. The maximum atomic E-state index is 12.5. The summed E-state index contributed by atoms with van der Waals surface area (Å²) in [6.07, 6.45) is -1.41. The number of Topliss-reactive ketones (excluding diaryl/α,β-unsaturated/α-hetero) is 1. The summed E-state index contributed by atoms with van der Waals surface area (Å²) in [7, 11) is 0. The van der Waals surface area contributed by atoms with Crippen molar-refractivity contribution in [3.8, 4) is 0 Å². The minimum absolute atomic E-state index is 0.0734. The highest BCUT2D eigenvalue weighted by Crippen LogP contribution is 2.34. The third kappa shape index (κ3) is 2.81. The van der Waals surface area contributed by atoms with Gasteiger partial charge in [-0.05, 0) is 39.8 Å². The van der Waals surface area contributed by atoms with E-state index in [-0.39, 0.29) is 10.7 Å². The first-order chi connectivity index (χ1) is 8.73. The van der Waals surface area contributed by atoms with Gasteiger partial charge in [0.15, 0.2) is 10.8 Å². The van der Waals surface area contributed by atoms with Crippen LogP contribution >= 0.6 is 11.3 Å². The van der Waals surface area contributed by atoms with Crippen LogP contribution in [0.3, 0.4) is 0 Å². The molecule has 1 saturated heterocycles. The molecular formula is C12H15F3N2OS. The van der Waals surface area contributed by atoms with E-state index in [9.17, 15) is 18.0 Å². The number of carbonyl (C=O) groups is 1. The van der Waals surface area contributed by atoms with E-state index in [1.807, 2.05) is 4.90 Å². The summed E-state index contributed by atoms with van der Waals surface area (Å²) in [6, 6.07) is 0. The molecule has 7 heteroatoms. The van der Waals surface area contributed by atoms with Crippen LogP contribution in [0.4, 0.5) is 13.2 Å². The number of carbonyl (C=O) groups excluding carboxylic acids is 1. The molecule has 1 aliphatic heterocycles. The van der Waals surface area contributed by atoms with Gasteiger partial charge in [-0.15, -0.1) is 11.3 Å². The number of rotatable bonds is 3. The number of likely N-dealkylation sites (tertiary alicyclic amines) is 1. The highest BCUT2D eigenvalue weighted by atomic mass is 32.1. The van der Waals surface area contributed by atoms with Crippen LogP contribution in [0.5, 0.6) is 0 Å². The van der Waals surface area contributed by atoms with Crippen molar-refractivity contribution in [3.05, 3.63) is 16.1 Å². The molecule has 0 radical (unpaired) electrons. The number of halogens is 3. The Balaban J connectivity index is 2.21. The Bertz CT molecular complexity index is 476. The molecule has 0 atom stereocenters. The number of hydrogen-bond donors (Lipinski definition) is 0. The Kier molecular flexibility index (Phi) is 3.70. The van der Waals surface area contributed by atoms with Crippen LogP contribution in [-0.4, -0.2) is 34.3 Å². The van der Waals surface area contributed by atoms with Crippen LogP contribution < -0.4 is 0 Å². The Labute approximate surface area is 113 Å². The lowest BCUT2D eigenvalue weighted by Gasteiger charge is -2.33. The van der Waals surface area contributed by atoms with Crippen LogP contribution in [-0.2, 0) is 6.18 Å². The largest absolute Gasteiger partial charge is 0.443 e. The number of hydrogen-bond acceptors (Lipinski definition) is 4. The molecule has 1 fully saturated rings. The fraction of sp³-hybridized carbons (Fsp3) is 0.667. The molecule has 0 aromatic carbocycles. The zero-order chi connectivity index (χ0) is 14.3. The van der Waals surface area contributed by atoms with Gasteiger partial charge in [0, 0.05) is 6.20 Å². The Morgan fingerprint density at radius 2 is 1.89 bits per heavy atom. The number of alkyl halides is 3. The maximum Gasteiger partial charge on any atom is 0.443 e.